The van der Waals surface area contributed by atoms with E-state index in [0.717, 1.165) is 10.9 Å². The molecule has 16 heavy (non-hydrogen) atoms. The van der Waals surface area contributed by atoms with E-state index in [9.17, 15) is 4.79 Å². The summed E-state index contributed by atoms with van der Waals surface area (Å²) in [6.07, 6.45) is -0.852. The highest BCUT2D eigenvalue weighted by molar-refractivity contribution is 5.83. The molecule has 2 aromatic rings. The van der Waals surface area contributed by atoms with Gasteiger partial charge in [0.05, 0.1) is 0 Å². The van der Waals surface area contributed by atoms with Crippen LogP contribution in [0.2, 0.25) is 0 Å². The second-order valence-electron chi connectivity index (χ2n) is 3.77. The maximum Gasteiger partial charge on any atom is 0.509 e. The highest BCUT2D eigenvalue weighted by Gasteiger charge is 2.26. The predicted molar refractivity (Wildman–Crippen MR) is 59.1 cm³/mol. The van der Waals surface area contributed by atoms with Gasteiger partial charge >= 0.3 is 6.16 Å². The lowest BCUT2D eigenvalue weighted by molar-refractivity contribution is 0.118. The molecule has 1 heterocycles. The van der Waals surface area contributed by atoms with E-state index in [1.54, 1.807) is 0 Å². The van der Waals surface area contributed by atoms with Crippen LogP contribution in [0.4, 0.5) is 4.79 Å². The van der Waals surface area contributed by atoms with Crippen molar-refractivity contribution in [3.63, 3.8) is 0 Å². The van der Waals surface area contributed by atoms with Crippen LogP contribution in [-0.4, -0.2) is 12.8 Å². The quantitative estimate of drug-likeness (QED) is 0.684. The Kier molecular flexibility index (Phi) is 2.03. The minimum atomic E-state index is -0.585. The largest absolute Gasteiger partial charge is 0.509 e. The van der Waals surface area contributed by atoms with Gasteiger partial charge in [0.25, 0.3) is 0 Å². The second-order valence-corrected chi connectivity index (χ2v) is 3.77. The molecule has 3 nitrogen and oxygen atoms in total. The normalized spacial score (nSPS) is 19.5. The third-order valence-electron chi connectivity index (χ3n) is 2.74. The average Bonchev–Trinajstić information content (AvgIpc) is 2.75. The summed E-state index contributed by atoms with van der Waals surface area (Å²) in [4.78, 5) is 10.8. The number of ether oxygens (including phenoxy) is 2. The molecular formula is C13H10O3. The number of cyclic esters (lactones) is 2. The van der Waals surface area contributed by atoms with Crippen molar-refractivity contribution in [2.45, 2.75) is 6.10 Å². The Balaban J connectivity index is 2.02. The third kappa shape index (κ3) is 1.50. The molecule has 1 fully saturated rings. The van der Waals surface area contributed by atoms with Crippen LogP contribution in [0.15, 0.2) is 42.5 Å². The lowest BCUT2D eigenvalue weighted by atomic mass is 10.0. The van der Waals surface area contributed by atoms with Crippen molar-refractivity contribution in [3.05, 3.63) is 48.0 Å². The van der Waals surface area contributed by atoms with Gasteiger partial charge in [-0.15, -0.1) is 0 Å². The van der Waals surface area contributed by atoms with Crippen molar-refractivity contribution in [2.75, 3.05) is 6.61 Å². The Hall–Kier alpha value is -2.03. The standard InChI is InChI=1S/C13H10O3/c14-13-15-8-12(16-13)11-6-5-9-3-1-2-4-10(9)7-11/h1-7,12H,8H2. The van der Waals surface area contributed by atoms with Crippen LogP contribution in [0.25, 0.3) is 10.8 Å². The van der Waals surface area contributed by atoms with Crippen LogP contribution in [0, 0.1) is 0 Å². The topological polar surface area (TPSA) is 35.5 Å². The molecule has 3 heteroatoms. The first-order valence-corrected chi connectivity index (χ1v) is 5.15. The summed E-state index contributed by atoms with van der Waals surface area (Å²) >= 11 is 0. The average molecular weight is 214 g/mol. The fourth-order valence-corrected chi connectivity index (χ4v) is 1.90. The molecule has 2 aromatic carbocycles. The molecule has 0 spiro atoms. The molecule has 1 aliphatic rings. The van der Waals surface area contributed by atoms with Gasteiger partial charge in [0.15, 0.2) is 6.10 Å². The molecule has 0 radical (unpaired) electrons. The molecule has 3 rings (SSSR count). The van der Waals surface area contributed by atoms with Gasteiger partial charge in [0.1, 0.15) is 6.61 Å². The Morgan fingerprint density at radius 3 is 2.62 bits per heavy atom. The monoisotopic (exact) mass is 214 g/mol. The Morgan fingerprint density at radius 2 is 1.88 bits per heavy atom. The molecular weight excluding hydrogens is 204 g/mol. The van der Waals surface area contributed by atoms with Gasteiger partial charge in [-0.1, -0.05) is 36.4 Å². The fourth-order valence-electron chi connectivity index (χ4n) is 1.90. The van der Waals surface area contributed by atoms with Gasteiger partial charge < -0.3 is 9.47 Å². The first-order valence-electron chi connectivity index (χ1n) is 5.15. The number of hydrogen-bond donors (Lipinski definition) is 0. The van der Waals surface area contributed by atoms with E-state index < -0.39 is 6.16 Å². The number of benzene rings is 2. The van der Waals surface area contributed by atoms with Crippen molar-refractivity contribution in [1.82, 2.24) is 0 Å². The van der Waals surface area contributed by atoms with Crippen LogP contribution in [0.5, 0.6) is 0 Å². The molecule has 0 aromatic heterocycles. The Morgan fingerprint density at radius 1 is 1.06 bits per heavy atom. The summed E-state index contributed by atoms with van der Waals surface area (Å²) in [5.41, 5.74) is 0.976. The molecule has 0 amide bonds. The first kappa shape index (κ1) is 9.21. The van der Waals surface area contributed by atoms with E-state index in [1.807, 2.05) is 36.4 Å². The summed E-state index contributed by atoms with van der Waals surface area (Å²) in [6, 6.07) is 14.1. The number of carbonyl (C=O) groups is 1. The highest BCUT2D eigenvalue weighted by atomic mass is 16.8. The Bertz CT molecular complexity index is 548. The second kappa shape index (κ2) is 3.52. The lowest BCUT2D eigenvalue weighted by Gasteiger charge is -2.07. The predicted octanol–water partition coefficient (Wildman–Crippen LogP) is 3.05. The van der Waals surface area contributed by atoms with Crippen molar-refractivity contribution < 1.29 is 14.3 Å². The number of carbonyl (C=O) groups excluding carboxylic acids is 1. The molecule has 1 saturated heterocycles. The summed E-state index contributed by atoms with van der Waals surface area (Å²) < 4.78 is 9.81. The van der Waals surface area contributed by atoms with E-state index in [2.05, 4.69) is 6.07 Å². The highest BCUT2D eigenvalue weighted by Crippen LogP contribution is 2.26. The number of rotatable bonds is 1. The van der Waals surface area contributed by atoms with Gasteiger partial charge in [-0.05, 0) is 22.4 Å². The fraction of sp³-hybridized carbons (Fsp3) is 0.154. The lowest BCUT2D eigenvalue weighted by Crippen LogP contribution is -1.99. The van der Waals surface area contributed by atoms with E-state index in [4.69, 9.17) is 9.47 Å². The molecule has 0 N–H and O–H groups in total. The van der Waals surface area contributed by atoms with Crippen molar-refractivity contribution in [3.8, 4) is 0 Å². The SMILES string of the molecule is O=C1OCC(c2ccc3ccccc3c2)O1. The zero-order valence-corrected chi connectivity index (χ0v) is 8.55. The smallest absolute Gasteiger partial charge is 0.430 e. The maximum absolute atomic E-state index is 10.8. The summed E-state index contributed by atoms with van der Waals surface area (Å²) in [7, 11) is 0. The van der Waals surface area contributed by atoms with Crippen LogP contribution >= 0.6 is 0 Å². The minimum Gasteiger partial charge on any atom is -0.430 e. The van der Waals surface area contributed by atoms with Gasteiger partial charge in [0, 0.05) is 0 Å². The van der Waals surface area contributed by atoms with E-state index >= 15 is 0 Å². The van der Waals surface area contributed by atoms with Crippen molar-refractivity contribution in [1.29, 1.82) is 0 Å². The molecule has 0 saturated carbocycles. The van der Waals surface area contributed by atoms with Crippen molar-refractivity contribution >= 4 is 16.9 Å². The molecule has 1 atom stereocenters. The van der Waals surface area contributed by atoms with Crippen LogP contribution in [0.1, 0.15) is 11.7 Å². The van der Waals surface area contributed by atoms with E-state index in [-0.39, 0.29) is 6.10 Å². The third-order valence-corrected chi connectivity index (χ3v) is 2.74. The minimum absolute atomic E-state index is 0.267. The summed E-state index contributed by atoms with van der Waals surface area (Å²) in [5, 5.41) is 2.32. The molecule has 1 aliphatic heterocycles. The summed E-state index contributed by atoms with van der Waals surface area (Å²) in [6.45, 7) is 0.303. The maximum atomic E-state index is 10.8. The molecule has 80 valence electrons. The van der Waals surface area contributed by atoms with Gasteiger partial charge in [-0.2, -0.15) is 0 Å². The zero-order chi connectivity index (χ0) is 11.0. The van der Waals surface area contributed by atoms with Crippen molar-refractivity contribution in [2.24, 2.45) is 0 Å². The van der Waals surface area contributed by atoms with E-state index in [0.29, 0.717) is 6.61 Å². The molecule has 0 bridgehead atoms. The van der Waals surface area contributed by atoms with Gasteiger partial charge in [0.2, 0.25) is 0 Å². The van der Waals surface area contributed by atoms with Crippen LogP contribution in [0.3, 0.4) is 0 Å². The molecule has 1 unspecified atom stereocenters. The van der Waals surface area contributed by atoms with Crippen LogP contribution in [-0.2, 0) is 9.47 Å². The molecule has 0 aliphatic carbocycles. The summed E-state index contributed by atoms with van der Waals surface area (Å²) in [5.74, 6) is 0. The van der Waals surface area contributed by atoms with Gasteiger partial charge in [-0.25, -0.2) is 4.79 Å². The number of hydrogen-bond acceptors (Lipinski definition) is 3. The van der Waals surface area contributed by atoms with Gasteiger partial charge in [-0.3, -0.25) is 0 Å². The Labute approximate surface area is 92.6 Å². The zero-order valence-electron chi connectivity index (χ0n) is 8.55. The number of fused-ring (bicyclic) bond motifs is 1. The van der Waals surface area contributed by atoms with E-state index in [1.165, 1.54) is 5.39 Å². The first-order chi connectivity index (χ1) is 7.83. The van der Waals surface area contributed by atoms with Crippen LogP contribution < -0.4 is 0 Å².